The third kappa shape index (κ3) is 1.83. The molecule has 1 heterocycles. The van der Waals surface area contributed by atoms with Gasteiger partial charge < -0.3 is 14.6 Å². The first-order chi connectivity index (χ1) is 7.16. The van der Waals surface area contributed by atoms with Crippen molar-refractivity contribution in [1.29, 1.82) is 0 Å². The molecule has 2 aromatic rings. The summed E-state index contributed by atoms with van der Waals surface area (Å²) in [5.41, 5.74) is 0.0723. The van der Waals surface area contributed by atoms with Crippen LogP contribution in [0.4, 0.5) is 0 Å². The summed E-state index contributed by atoms with van der Waals surface area (Å²) in [6, 6.07) is 8.67. The van der Waals surface area contributed by atoms with E-state index in [1.54, 1.807) is 18.2 Å². The van der Waals surface area contributed by atoms with Crippen molar-refractivity contribution in [3.63, 3.8) is 0 Å². The van der Waals surface area contributed by atoms with Crippen molar-refractivity contribution >= 4 is 0 Å². The van der Waals surface area contributed by atoms with Gasteiger partial charge in [-0.05, 0) is 24.3 Å². The highest BCUT2D eigenvalue weighted by Gasteiger charge is 2.04. The van der Waals surface area contributed by atoms with Crippen LogP contribution in [0.25, 0.3) is 11.3 Å². The summed E-state index contributed by atoms with van der Waals surface area (Å²) < 4.78 is 4.91. The van der Waals surface area contributed by atoms with E-state index in [2.05, 4.69) is 0 Å². The van der Waals surface area contributed by atoms with Crippen LogP contribution in [0.1, 0.15) is 0 Å². The van der Waals surface area contributed by atoms with E-state index in [1.165, 1.54) is 18.2 Å². The molecule has 2 N–H and O–H groups in total. The fraction of sp³-hybridized carbons (Fsp3) is 0. The quantitative estimate of drug-likeness (QED) is 0.694. The van der Waals surface area contributed by atoms with Crippen LogP contribution < -0.4 is 5.63 Å². The van der Waals surface area contributed by atoms with E-state index in [-0.39, 0.29) is 11.5 Å². The normalized spacial score (nSPS) is 10.1. The lowest BCUT2D eigenvalue weighted by Crippen LogP contribution is -1.94. The lowest BCUT2D eigenvalue weighted by molar-refractivity contribution is 0.403. The van der Waals surface area contributed by atoms with Crippen molar-refractivity contribution in [3.05, 3.63) is 46.8 Å². The first kappa shape index (κ1) is 9.33. The lowest BCUT2D eigenvalue weighted by Gasteiger charge is -2.01. The highest BCUT2D eigenvalue weighted by atomic mass is 16.4. The average molecular weight is 204 g/mol. The van der Waals surface area contributed by atoms with Crippen molar-refractivity contribution in [2.24, 2.45) is 0 Å². The number of aromatic hydroxyl groups is 2. The van der Waals surface area contributed by atoms with E-state index >= 15 is 0 Å². The van der Waals surface area contributed by atoms with Gasteiger partial charge in [0.1, 0.15) is 5.76 Å². The van der Waals surface area contributed by atoms with Crippen LogP contribution in [0.3, 0.4) is 0 Å². The fourth-order valence-corrected chi connectivity index (χ4v) is 1.22. The van der Waals surface area contributed by atoms with Gasteiger partial charge in [0.2, 0.25) is 0 Å². The van der Waals surface area contributed by atoms with Crippen LogP contribution in [-0.4, -0.2) is 10.2 Å². The minimum absolute atomic E-state index is 0.211. The van der Waals surface area contributed by atoms with E-state index in [9.17, 15) is 9.90 Å². The van der Waals surface area contributed by atoms with Gasteiger partial charge in [-0.3, -0.25) is 0 Å². The summed E-state index contributed by atoms with van der Waals surface area (Å²) in [7, 11) is 0. The van der Waals surface area contributed by atoms with Gasteiger partial charge in [0.25, 0.3) is 0 Å². The molecule has 0 bridgehead atoms. The van der Waals surface area contributed by atoms with Gasteiger partial charge in [0.15, 0.2) is 11.5 Å². The Bertz CT molecular complexity index is 542. The molecule has 15 heavy (non-hydrogen) atoms. The molecule has 0 saturated heterocycles. The van der Waals surface area contributed by atoms with E-state index in [0.717, 1.165) is 0 Å². The van der Waals surface area contributed by atoms with Gasteiger partial charge in [0.05, 0.1) is 0 Å². The third-order valence-electron chi connectivity index (χ3n) is 1.95. The number of rotatable bonds is 1. The minimum Gasteiger partial charge on any atom is -0.504 e. The second-order valence-electron chi connectivity index (χ2n) is 3.01. The third-order valence-corrected chi connectivity index (χ3v) is 1.95. The van der Waals surface area contributed by atoms with Gasteiger partial charge in [-0.15, -0.1) is 0 Å². The molecule has 0 fully saturated rings. The molecule has 0 aliphatic carbocycles. The second kappa shape index (κ2) is 3.49. The van der Waals surface area contributed by atoms with E-state index < -0.39 is 5.63 Å². The molecule has 0 unspecified atom stereocenters. The standard InChI is InChI=1S/C11H8O4/c12-8-5-4-7(6-9(8)13)10-2-1-3-11(14)15-10/h1-6,12-13H. The Morgan fingerprint density at radius 1 is 1.00 bits per heavy atom. The summed E-state index contributed by atoms with van der Waals surface area (Å²) in [5, 5.41) is 18.4. The Kier molecular flexibility index (Phi) is 2.17. The van der Waals surface area contributed by atoms with Crippen molar-refractivity contribution < 1.29 is 14.6 Å². The summed E-state index contributed by atoms with van der Waals surface area (Å²) in [6.45, 7) is 0. The van der Waals surface area contributed by atoms with Crippen LogP contribution in [0, 0.1) is 0 Å². The van der Waals surface area contributed by atoms with Gasteiger partial charge in [-0.2, -0.15) is 0 Å². The zero-order valence-electron chi connectivity index (χ0n) is 7.68. The Labute approximate surface area is 85.0 Å². The first-order valence-electron chi connectivity index (χ1n) is 4.29. The van der Waals surface area contributed by atoms with Crippen LogP contribution in [-0.2, 0) is 0 Å². The molecule has 4 heteroatoms. The molecule has 76 valence electrons. The van der Waals surface area contributed by atoms with Gasteiger partial charge in [0, 0.05) is 11.6 Å². The molecule has 0 aliphatic rings. The Morgan fingerprint density at radius 3 is 2.47 bits per heavy atom. The molecule has 0 amide bonds. The Balaban J connectivity index is 2.55. The van der Waals surface area contributed by atoms with Crippen LogP contribution in [0.5, 0.6) is 11.5 Å². The van der Waals surface area contributed by atoms with Crippen LogP contribution >= 0.6 is 0 Å². The largest absolute Gasteiger partial charge is 0.504 e. The summed E-state index contributed by atoms with van der Waals surface area (Å²) in [5.74, 6) is -0.117. The fourth-order valence-electron chi connectivity index (χ4n) is 1.22. The summed E-state index contributed by atoms with van der Waals surface area (Å²) >= 11 is 0. The summed E-state index contributed by atoms with van der Waals surface area (Å²) in [4.78, 5) is 10.9. The van der Waals surface area contributed by atoms with Crippen LogP contribution in [0.2, 0.25) is 0 Å². The maximum absolute atomic E-state index is 10.9. The second-order valence-corrected chi connectivity index (χ2v) is 3.01. The highest BCUT2D eigenvalue weighted by molar-refractivity contribution is 5.61. The van der Waals surface area contributed by atoms with Gasteiger partial charge in [-0.25, -0.2) is 4.79 Å². The average Bonchev–Trinajstić information content (AvgIpc) is 2.22. The number of hydrogen-bond acceptors (Lipinski definition) is 4. The number of phenols is 2. The van der Waals surface area contributed by atoms with Gasteiger partial charge >= 0.3 is 5.63 Å². The predicted octanol–water partition coefficient (Wildman–Crippen LogP) is 1.72. The number of benzene rings is 1. The summed E-state index contributed by atoms with van der Waals surface area (Å²) in [6.07, 6.45) is 0. The van der Waals surface area contributed by atoms with E-state index in [0.29, 0.717) is 11.3 Å². The van der Waals surface area contributed by atoms with Crippen molar-refractivity contribution in [1.82, 2.24) is 0 Å². The monoisotopic (exact) mass is 204 g/mol. The molecule has 1 aromatic carbocycles. The van der Waals surface area contributed by atoms with Crippen molar-refractivity contribution in [3.8, 4) is 22.8 Å². The molecule has 0 radical (unpaired) electrons. The zero-order chi connectivity index (χ0) is 10.8. The number of phenolic OH excluding ortho intramolecular Hbond substituents is 2. The maximum Gasteiger partial charge on any atom is 0.336 e. The molecule has 2 rings (SSSR count). The van der Waals surface area contributed by atoms with Crippen molar-refractivity contribution in [2.75, 3.05) is 0 Å². The van der Waals surface area contributed by atoms with Crippen molar-refractivity contribution in [2.45, 2.75) is 0 Å². The number of hydrogen-bond donors (Lipinski definition) is 2. The van der Waals surface area contributed by atoms with E-state index in [1.807, 2.05) is 0 Å². The first-order valence-corrected chi connectivity index (χ1v) is 4.29. The lowest BCUT2D eigenvalue weighted by atomic mass is 10.1. The maximum atomic E-state index is 10.9. The topological polar surface area (TPSA) is 70.7 Å². The highest BCUT2D eigenvalue weighted by Crippen LogP contribution is 2.29. The molecular formula is C11H8O4. The molecule has 4 nitrogen and oxygen atoms in total. The molecule has 0 saturated carbocycles. The molecule has 0 atom stereocenters. The smallest absolute Gasteiger partial charge is 0.336 e. The molecular weight excluding hydrogens is 196 g/mol. The Hall–Kier alpha value is -2.23. The molecule has 0 spiro atoms. The molecule has 1 aromatic heterocycles. The van der Waals surface area contributed by atoms with Crippen LogP contribution in [0.15, 0.2) is 45.6 Å². The molecule has 0 aliphatic heterocycles. The minimum atomic E-state index is -0.458. The zero-order valence-corrected chi connectivity index (χ0v) is 7.68. The predicted molar refractivity (Wildman–Crippen MR) is 53.7 cm³/mol. The SMILES string of the molecule is O=c1cccc(-c2ccc(O)c(O)c2)o1. The van der Waals surface area contributed by atoms with E-state index in [4.69, 9.17) is 9.52 Å². The van der Waals surface area contributed by atoms with Gasteiger partial charge in [-0.1, -0.05) is 6.07 Å². The Morgan fingerprint density at radius 2 is 1.80 bits per heavy atom.